The van der Waals surface area contributed by atoms with E-state index in [-0.39, 0.29) is 5.97 Å². The van der Waals surface area contributed by atoms with Crippen LogP contribution >= 0.6 is 6.83 Å². The summed E-state index contributed by atoms with van der Waals surface area (Å²) in [7, 11) is 0. The van der Waals surface area contributed by atoms with E-state index in [4.69, 9.17) is 4.52 Å². The van der Waals surface area contributed by atoms with Crippen LogP contribution in [0.4, 0.5) is 0 Å². The molecule has 0 radical (unpaired) electrons. The van der Waals surface area contributed by atoms with Crippen molar-refractivity contribution in [3.63, 3.8) is 0 Å². The molecule has 0 saturated heterocycles. The van der Waals surface area contributed by atoms with Gasteiger partial charge in [0.1, 0.15) is 0 Å². The first-order chi connectivity index (χ1) is 10.1. The summed E-state index contributed by atoms with van der Waals surface area (Å²) in [4.78, 5) is 11.9. The summed E-state index contributed by atoms with van der Waals surface area (Å²) in [6.45, 7) is 2.82. The van der Waals surface area contributed by atoms with E-state index in [1.165, 1.54) is 6.92 Å². The van der Waals surface area contributed by atoms with E-state index in [1.54, 1.807) is 0 Å². The third-order valence-corrected chi connectivity index (χ3v) is 10.8. The van der Waals surface area contributed by atoms with Crippen LogP contribution in [0.25, 0.3) is 0 Å². The Morgan fingerprint density at radius 1 is 0.857 bits per heavy atom. The summed E-state index contributed by atoms with van der Waals surface area (Å²) in [6, 6.07) is 20.5. The molecule has 0 unspecified atom stereocenters. The zero-order valence-electron chi connectivity index (χ0n) is 13.0. The van der Waals surface area contributed by atoms with Crippen molar-refractivity contribution in [1.82, 2.24) is 0 Å². The van der Waals surface area contributed by atoms with Gasteiger partial charge in [-0.1, -0.05) is 0 Å². The average Bonchev–Trinajstić information content (AvgIpc) is 2.54. The van der Waals surface area contributed by atoms with Gasteiger partial charge in [-0.15, -0.1) is 0 Å². The minimum atomic E-state index is -2.95. The first-order valence-electron chi connectivity index (χ1n) is 7.41. The van der Waals surface area contributed by atoms with Gasteiger partial charge in [0.25, 0.3) is 0 Å². The molecule has 0 saturated carbocycles. The van der Waals surface area contributed by atoms with Crippen molar-refractivity contribution in [2.24, 2.45) is 0 Å². The van der Waals surface area contributed by atoms with Gasteiger partial charge in [0.15, 0.2) is 0 Å². The molecular weight excluding hydrogens is 279 g/mol. The fourth-order valence-corrected chi connectivity index (χ4v) is 8.22. The quantitative estimate of drug-likeness (QED) is 0.787. The van der Waals surface area contributed by atoms with Gasteiger partial charge in [0, 0.05) is 0 Å². The second-order valence-corrected chi connectivity index (χ2v) is 10.6. The molecule has 0 aromatic heterocycles. The zero-order valence-corrected chi connectivity index (χ0v) is 13.8. The van der Waals surface area contributed by atoms with Crippen LogP contribution in [0.15, 0.2) is 60.7 Å². The Labute approximate surface area is 127 Å². The summed E-state index contributed by atoms with van der Waals surface area (Å²) in [5.74, 6) is -0.205. The molecule has 0 atom stereocenters. The van der Waals surface area contributed by atoms with Crippen molar-refractivity contribution in [2.75, 3.05) is 12.3 Å². The van der Waals surface area contributed by atoms with Crippen molar-refractivity contribution in [2.45, 2.75) is 20.8 Å². The zero-order chi connectivity index (χ0) is 15.4. The van der Waals surface area contributed by atoms with E-state index < -0.39 is 6.83 Å². The molecule has 2 aromatic rings. The number of rotatable bonds is 5. The molecule has 0 fully saturated rings. The fourth-order valence-electron chi connectivity index (χ4n) is 3.20. The molecule has 0 aliphatic rings. The van der Waals surface area contributed by atoms with Gasteiger partial charge >= 0.3 is 126 Å². The van der Waals surface area contributed by atoms with Gasteiger partial charge in [-0.25, -0.2) is 0 Å². The Balaban J connectivity index is 2.82. The van der Waals surface area contributed by atoms with E-state index in [0.717, 1.165) is 22.9 Å². The van der Waals surface area contributed by atoms with Crippen LogP contribution in [-0.2, 0) is 9.32 Å². The van der Waals surface area contributed by atoms with Crippen LogP contribution < -0.4 is 10.6 Å². The molecule has 2 nitrogen and oxygen atoms in total. The molecule has 2 rings (SSSR count). The molecule has 0 spiro atoms. The normalized spacial score (nSPS) is 13.2. The summed E-state index contributed by atoms with van der Waals surface area (Å²) in [5, 5.41) is 2.30. The standard InChI is InChI=1S/C18H23O2P/c1-4-21(5-2,20-16(3)19,17-12-8-6-9-13-17)18-14-10-7-11-15-18/h6-15H,4-5H2,1-3H3. The first kappa shape index (κ1) is 15.7. The van der Waals surface area contributed by atoms with E-state index in [1.807, 2.05) is 36.4 Å². The monoisotopic (exact) mass is 302 g/mol. The van der Waals surface area contributed by atoms with Crippen LogP contribution in [-0.4, -0.2) is 18.3 Å². The van der Waals surface area contributed by atoms with Crippen molar-refractivity contribution in [1.29, 1.82) is 0 Å². The number of hydrogen-bond donors (Lipinski definition) is 0. The second kappa shape index (κ2) is 5.99. The van der Waals surface area contributed by atoms with Crippen LogP contribution in [0.3, 0.4) is 0 Å². The predicted molar refractivity (Wildman–Crippen MR) is 91.9 cm³/mol. The fraction of sp³-hybridized carbons (Fsp3) is 0.278. The number of benzene rings is 2. The van der Waals surface area contributed by atoms with Gasteiger partial charge in [0.2, 0.25) is 0 Å². The van der Waals surface area contributed by atoms with Crippen molar-refractivity contribution >= 4 is 23.4 Å². The van der Waals surface area contributed by atoms with Gasteiger partial charge in [-0.2, -0.15) is 0 Å². The molecule has 3 heteroatoms. The molecule has 0 N–H and O–H groups in total. The summed E-state index contributed by atoms with van der Waals surface area (Å²) < 4.78 is 6.19. The molecule has 0 bridgehead atoms. The molecule has 0 aliphatic carbocycles. The van der Waals surface area contributed by atoms with Crippen LogP contribution in [0.5, 0.6) is 0 Å². The summed E-state index contributed by atoms with van der Waals surface area (Å²) in [5.41, 5.74) is 0. The molecule has 2 aromatic carbocycles. The van der Waals surface area contributed by atoms with Crippen LogP contribution in [0.2, 0.25) is 0 Å². The summed E-state index contributed by atoms with van der Waals surface area (Å²) >= 11 is 0. The van der Waals surface area contributed by atoms with Crippen molar-refractivity contribution < 1.29 is 9.32 Å². The molecule has 0 heterocycles. The third kappa shape index (κ3) is 2.49. The van der Waals surface area contributed by atoms with Gasteiger partial charge < -0.3 is 0 Å². The van der Waals surface area contributed by atoms with E-state index in [0.29, 0.717) is 0 Å². The number of carbonyl (C=O) groups excluding carboxylic acids is 1. The van der Waals surface area contributed by atoms with Crippen molar-refractivity contribution in [3.05, 3.63) is 60.7 Å². The molecular formula is C18H23O2P. The Morgan fingerprint density at radius 3 is 1.52 bits per heavy atom. The molecule has 0 amide bonds. The molecule has 21 heavy (non-hydrogen) atoms. The minimum absolute atomic E-state index is 0.205. The Kier molecular flexibility index (Phi) is 4.49. The van der Waals surface area contributed by atoms with Crippen LogP contribution in [0, 0.1) is 0 Å². The van der Waals surface area contributed by atoms with Gasteiger partial charge in [-0.3, -0.25) is 0 Å². The van der Waals surface area contributed by atoms with E-state index >= 15 is 0 Å². The van der Waals surface area contributed by atoms with Gasteiger partial charge in [0.05, 0.1) is 0 Å². The maximum absolute atomic E-state index is 11.9. The van der Waals surface area contributed by atoms with Crippen molar-refractivity contribution in [3.8, 4) is 0 Å². The Morgan fingerprint density at radius 2 is 1.24 bits per heavy atom. The topological polar surface area (TPSA) is 26.3 Å². The van der Waals surface area contributed by atoms with Gasteiger partial charge in [-0.05, 0) is 0 Å². The third-order valence-electron chi connectivity index (χ3n) is 4.40. The number of carbonyl (C=O) groups is 1. The predicted octanol–water partition coefficient (Wildman–Crippen LogP) is 3.71. The Hall–Kier alpha value is -1.66. The summed E-state index contributed by atoms with van der Waals surface area (Å²) in [6.07, 6.45) is 1.63. The molecule has 112 valence electrons. The van der Waals surface area contributed by atoms with E-state index in [2.05, 4.69) is 38.1 Å². The number of hydrogen-bond acceptors (Lipinski definition) is 2. The first-order valence-corrected chi connectivity index (χ1v) is 9.93. The van der Waals surface area contributed by atoms with E-state index in [9.17, 15) is 4.79 Å². The maximum atomic E-state index is 11.9. The van der Waals surface area contributed by atoms with Crippen LogP contribution in [0.1, 0.15) is 20.8 Å². The Bertz CT molecular complexity index is 560. The molecule has 0 aliphatic heterocycles. The SMILES string of the molecule is CCP(CC)(OC(C)=O)(c1ccccc1)c1ccccc1. The average molecular weight is 302 g/mol. The second-order valence-electron chi connectivity index (χ2n) is 5.30.